The van der Waals surface area contributed by atoms with Gasteiger partial charge in [0.2, 0.25) is 10.0 Å². The first-order valence-corrected chi connectivity index (χ1v) is 9.55. The Bertz CT molecular complexity index is 524. The first kappa shape index (κ1) is 18.6. The van der Waals surface area contributed by atoms with Gasteiger partial charge in [-0.15, -0.1) is 11.3 Å². The Morgan fingerprint density at radius 3 is 2.52 bits per heavy atom. The quantitative estimate of drug-likeness (QED) is 0.724. The van der Waals surface area contributed by atoms with E-state index in [0.29, 0.717) is 17.5 Å². The van der Waals surface area contributed by atoms with E-state index in [-0.39, 0.29) is 6.04 Å². The third-order valence-corrected chi connectivity index (χ3v) is 5.65. The van der Waals surface area contributed by atoms with Gasteiger partial charge < -0.3 is 10.2 Å². The minimum atomic E-state index is -3.41. The predicted molar refractivity (Wildman–Crippen MR) is 89.2 cm³/mol. The molecule has 1 aromatic heterocycles. The maximum atomic E-state index is 12.3. The van der Waals surface area contributed by atoms with E-state index >= 15 is 0 Å². The highest BCUT2D eigenvalue weighted by molar-refractivity contribution is 7.89. The van der Waals surface area contributed by atoms with Crippen LogP contribution in [0.1, 0.15) is 32.1 Å². The van der Waals surface area contributed by atoms with Crippen LogP contribution in [0.25, 0.3) is 0 Å². The normalized spacial score (nSPS) is 14.0. The average molecular weight is 334 g/mol. The van der Waals surface area contributed by atoms with Crippen LogP contribution in [0, 0.1) is 0 Å². The molecule has 0 spiro atoms. The molecule has 0 aliphatic carbocycles. The molecule has 0 amide bonds. The van der Waals surface area contributed by atoms with Gasteiger partial charge in [-0.2, -0.15) is 0 Å². The number of thiophene rings is 1. The van der Waals surface area contributed by atoms with Crippen LogP contribution in [0.4, 0.5) is 0 Å². The monoisotopic (exact) mass is 333 g/mol. The van der Waals surface area contributed by atoms with E-state index in [1.54, 1.807) is 11.4 Å². The lowest BCUT2D eigenvalue weighted by molar-refractivity contribution is 0.379. The van der Waals surface area contributed by atoms with E-state index in [2.05, 4.69) is 23.9 Å². The van der Waals surface area contributed by atoms with E-state index in [4.69, 9.17) is 0 Å². The summed E-state index contributed by atoms with van der Waals surface area (Å²) >= 11 is 1.47. The first-order chi connectivity index (χ1) is 9.70. The van der Waals surface area contributed by atoms with E-state index in [1.165, 1.54) is 11.3 Å². The molecule has 1 atom stereocenters. The Morgan fingerprint density at radius 2 is 1.95 bits per heavy atom. The third-order valence-electron chi connectivity index (χ3n) is 2.99. The summed E-state index contributed by atoms with van der Waals surface area (Å²) in [7, 11) is 0.549. The van der Waals surface area contributed by atoms with E-state index < -0.39 is 10.0 Å². The molecule has 0 bridgehead atoms. The van der Waals surface area contributed by atoms with Crippen molar-refractivity contribution < 1.29 is 8.42 Å². The van der Waals surface area contributed by atoms with Crippen molar-refractivity contribution in [3.8, 4) is 0 Å². The topological polar surface area (TPSA) is 61.4 Å². The summed E-state index contributed by atoms with van der Waals surface area (Å²) in [6.45, 7) is 7.60. The molecule has 21 heavy (non-hydrogen) atoms. The van der Waals surface area contributed by atoms with Gasteiger partial charge in [-0.1, -0.05) is 13.8 Å². The van der Waals surface area contributed by atoms with Crippen molar-refractivity contribution >= 4 is 21.4 Å². The highest BCUT2D eigenvalue weighted by atomic mass is 32.2. The number of hydrogen-bond donors (Lipinski definition) is 2. The molecule has 122 valence electrons. The zero-order valence-electron chi connectivity index (χ0n) is 13.5. The summed E-state index contributed by atoms with van der Waals surface area (Å²) in [6.07, 6.45) is 0.790. The minimum absolute atomic E-state index is 0.0745. The van der Waals surface area contributed by atoms with Gasteiger partial charge in [0, 0.05) is 28.9 Å². The molecule has 0 saturated heterocycles. The lowest BCUT2D eigenvalue weighted by atomic mass is 10.2. The standard InChI is InChI=1S/C14H27N3O2S2/c1-11(2)15-9-13-8-14(10-20-13)21(18,19)16-12(3)6-7-17(4)5/h8,10-12,15-16H,6-7,9H2,1-5H3. The van der Waals surface area contributed by atoms with Crippen LogP contribution in [0.3, 0.4) is 0 Å². The van der Waals surface area contributed by atoms with Gasteiger partial charge in [-0.25, -0.2) is 13.1 Å². The molecule has 0 aliphatic rings. The number of sulfonamides is 1. The molecule has 1 aromatic rings. The molecule has 0 radical (unpaired) electrons. The van der Waals surface area contributed by atoms with Crippen LogP contribution in [0.5, 0.6) is 0 Å². The zero-order valence-corrected chi connectivity index (χ0v) is 15.1. The van der Waals surface area contributed by atoms with Gasteiger partial charge >= 0.3 is 0 Å². The summed E-state index contributed by atoms with van der Waals surface area (Å²) in [6, 6.07) is 2.06. The van der Waals surface area contributed by atoms with E-state index in [0.717, 1.165) is 17.8 Å². The Morgan fingerprint density at radius 1 is 1.29 bits per heavy atom. The molecular formula is C14H27N3O2S2. The second-order valence-corrected chi connectivity index (χ2v) is 8.61. The lowest BCUT2D eigenvalue weighted by Crippen LogP contribution is -2.34. The Balaban J connectivity index is 2.61. The van der Waals surface area contributed by atoms with Crippen LogP contribution in [0.2, 0.25) is 0 Å². The molecule has 1 unspecified atom stereocenters. The molecule has 2 N–H and O–H groups in total. The molecule has 1 heterocycles. The smallest absolute Gasteiger partial charge is 0.241 e. The molecular weight excluding hydrogens is 306 g/mol. The molecule has 5 nitrogen and oxygen atoms in total. The summed E-state index contributed by atoms with van der Waals surface area (Å²) in [5.74, 6) is 0. The molecule has 0 aliphatic heterocycles. The highest BCUT2D eigenvalue weighted by Gasteiger charge is 2.19. The average Bonchev–Trinajstić information content (AvgIpc) is 2.83. The predicted octanol–water partition coefficient (Wildman–Crippen LogP) is 1.86. The molecule has 0 fully saturated rings. The molecule has 0 aromatic carbocycles. The van der Waals surface area contributed by atoms with Crippen molar-refractivity contribution in [3.05, 3.63) is 16.3 Å². The van der Waals surface area contributed by atoms with Gasteiger partial charge in [0.1, 0.15) is 0 Å². The van der Waals surface area contributed by atoms with Gasteiger partial charge in [-0.05, 0) is 40.1 Å². The summed E-state index contributed by atoms with van der Waals surface area (Å²) in [5, 5.41) is 5.00. The number of hydrogen-bond acceptors (Lipinski definition) is 5. The maximum Gasteiger partial charge on any atom is 0.241 e. The second kappa shape index (κ2) is 8.24. The summed E-state index contributed by atoms with van der Waals surface area (Å²) in [4.78, 5) is 3.44. The van der Waals surface area contributed by atoms with Crippen molar-refractivity contribution in [1.29, 1.82) is 0 Å². The van der Waals surface area contributed by atoms with Gasteiger partial charge in [0.05, 0.1) is 4.90 Å². The maximum absolute atomic E-state index is 12.3. The van der Waals surface area contributed by atoms with Crippen molar-refractivity contribution in [2.24, 2.45) is 0 Å². The van der Waals surface area contributed by atoms with Gasteiger partial charge in [0.25, 0.3) is 0 Å². The number of nitrogens with one attached hydrogen (secondary N) is 2. The van der Waals surface area contributed by atoms with Gasteiger partial charge in [0.15, 0.2) is 0 Å². The summed E-state index contributed by atoms with van der Waals surface area (Å²) in [5.41, 5.74) is 0. The number of nitrogens with zero attached hydrogens (tertiary/aromatic N) is 1. The fourth-order valence-corrected chi connectivity index (χ4v) is 4.25. The first-order valence-electron chi connectivity index (χ1n) is 7.18. The Kier molecular flexibility index (Phi) is 7.29. The second-order valence-electron chi connectivity index (χ2n) is 5.90. The van der Waals surface area contributed by atoms with Crippen LogP contribution in [-0.2, 0) is 16.6 Å². The fraction of sp³-hybridized carbons (Fsp3) is 0.714. The van der Waals surface area contributed by atoms with Crippen molar-refractivity contribution in [1.82, 2.24) is 14.9 Å². The van der Waals surface area contributed by atoms with Gasteiger partial charge in [-0.3, -0.25) is 0 Å². The third kappa shape index (κ3) is 6.88. The Labute approximate surface area is 132 Å². The van der Waals surface area contributed by atoms with E-state index in [1.807, 2.05) is 25.9 Å². The zero-order chi connectivity index (χ0) is 16.0. The summed E-state index contributed by atoms with van der Waals surface area (Å²) < 4.78 is 27.3. The van der Waals surface area contributed by atoms with Crippen LogP contribution in [0.15, 0.2) is 16.3 Å². The number of rotatable bonds is 9. The van der Waals surface area contributed by atoms with Crippen molar-refractivity contribution in [3.63, 3.8) is 0 Å². The molecule has 7 heteroatoms. The lowest BCUT2D eigenvalue weighted by Gasteiger charge is -2.16. The van der Waals surface area contributed by atoms with Crippen LogP contribution >= 0.6 is 11.3 Å². The highest BCUT2D eigenvalue weighted by Crippen LogP contribution is 2.19. The minimum Gasteiger partial charge on any atom is -0.310 e. The van der Waals surface area contributed by atoms with Crippen molar-refractivity contribution in [2.45, 2.75) is 50.7 Å². The van der Waals surface area contributed by atoms with Crippen molar-refractivity contribution in [2.75, 3.05) is 20.6 Å². The largest absolute Gasteiger partial charge is 0.310 e. The van der Waals surface area contributed by atoms with Crippen LogP contribution < -0.4 is 10.0 Å². The van der Waals surface area contributed by atoms with Crippen LogP contribution in [-0.4, -0.2) is 46.0 Å². The molecule has 1 rings (SSSR count). The van der Waals surface area contributed by atoms with E-state index in [9.17, 15) is 8.42 Å². The fourth-order valence-electron chi connectivity index (χ4n) is 1.74. The molecule has 0 saturated carbocycles. The SMILES string of the molecule is CC(C)NCc1cc(S(=O)(=O)NC(C)CCN(C)C)cs1. The Hall–Kier alpha value is -0.470.